The zero-order valence-electron chi connectivity index (χ0n) is 11.9. The van der Waals surface area contributed by atoms with E-state index in [1.807, 2.05) is 0 Å². The van der Waals surface area contributed by atoms with Crippen LogP contribution in [0.25, 0.3) is 0 Å². The van der Waals surface area contributed by atoms with Crippen molar-refractivity contribution in [3.05, 3.63) is 35.4 Å². The van der Waals surface area contributed by atoms with Crippen LogP contribution in [0.5, 0.6) is 0 Å². The quantitative estimate of drug-likeness (QED) is 0.775. The van der Waals surface area contributed by atoms with Gasteiger partial charge in [-0.05, 0) is 37.3 Å². The highest BCUT2D eigenvalue weighted by atomic mass is 16.7. The first-order valence-corrected chi connectivity index (χ1v) is 7.46. The number of hydroxylamine groups is 2. The lowest BCUT2D eigenvalue weighted by molar-refractivity contribution is -0.176. The van der Waals surface area contributed by atoms with Crippen LogP contribution in [-0.4, -0.2) is 35.6 Å². The van der Waals surface area contributed by atoms with Crippen molar-refractivity contribution >= 4 is 17.8 Å². The SMILES string of the molecule is O=C(ON1C(=O)c2ccccc2C1=O)[C@H]1CC[C@@H]2C[C@H]1CO2. The van der Waals surface area contributed by atoms with Gasteiger partial charge >= 0.3 is 5.97 Å². The summed E-state index contributed by atoms with van der Waals surface area (Å²) in [7, 11) is 0. The van der Waals surface area contributed by atoms with Crippen molar-refractivity contribution in [3.8, 4) is 0 Å². The molecule has 0 unspecified atom stereocenters. The fourth-order valence-electron chi connectivity index (χ4n) is 3.53. The van der Waals surface area contributed by atoms with E-state index in [9.17, 15) is 14.4 Å². The summed E-state index contributed by atoms with van der Waals surface area (Å²) in [6, 6.07) is 6.46. The number of carbonyl (C=O) groups excluding carboxylic acids is 3. The molecule has 0 radical (unpaired) electrons. The molecule has 3 aliphatic rings. The minimum atomic E-state index is -0.578. The lowest BCUT2D eigenvalue weighted by atomic mass is 9.80. The molecular weight excluding hydrogens is 286 g/mol. The summed E-state index contributed by atoms with van der Waals surface area (Å²) < 4.78 is 5.56. The van der Waals surface area contributed by atoms with Gasteiger partial charge < -0.3 is 9.57 Å². The van der Waals surface area contributed by atoms with Gasteiger partial charge in [0.05, 0.1) is 29.8 Å². The summed E-state index contributed by atoms with van der Waals surface area (Å²) in [4.78, 5) is 41.9. The minimum Gasteiger partial charge on any atom is -0.378 e. The lowest BCUT2D eigenvalue weighted by Gasteiger charge is -2.26. The van der Waals surface area contributed by atoms with E-state index in [1.165, 1.54) is 0 Å². The van der Waals surface area contributed by atoms with Gasteiger partial charge in [-0.3, -0.25) is 9.59 Å². The molecule has 0 spiro atoms. The number of imide groups is 1. The van der Waals surface area contributed by atoms with Crippen LogP contribution >= 0.6 is 0 Å². The van der Waals surface area contributed by atoms with Crippen LogP contribution in [0.2, 0.25) is 0 Å². The molecule has 2 fully saturated rings. The lowest BCUT2D eigenvalue weighted by Crippen LogP contribution is -2.38. The van der Waals surface area contributed by atoms with Crippen LogP contribution in [0.1, 0.15) is 40.0 Å². The highest BCUT2D eigenvalue weighted by molar-refractivity contribution is 6.20. The molecule has 3 atom stereocenters. The van der Waals surface area contributed by atoms with E-state index in [0.717, 1.165) is 12.8 Å². The van der Waals surface area contributed by atoms with E-state index in [2.05, 4.69) is 0 Å². The van der Waals surface area contributed by atoms with E-state index < -0.39 is 17.8 Å². The number of fused-ring (bicyclic) bond motifs is 3. The van der Waals surface area contributed by atoms with E-state index >= 15 is 0 Å². The summed E-state index contributed by atoms with van der Waals surface area (Å²) in [6.07, 6.45) is 2.59. The molecule has 2 bridgehead atoms. The maximum Gasteiger partial charge on any atom is 0.336 e. The maximum atomic E-state index is 12.4. The second kappa shape index (κ2) is 4.91. The molecule has 0 aromatic heterocycles. The summed E-state index contributed by atoms with van der Waals surface area (Å²) in [5.74, 6) is -1.84. The molecular formula is C16H15NO5. The molecule has 114 valence electrons. The third-order valence-corrected chi connectivity index (χ3v) is 4.72. The molecule has 1 saturated heterocycles. The smallest absolute Gasteiger partial charge is 0.336 e. The van der Waals surface area contributed by atoms with Crippen LogP contribution in [0.4, 0.5) is 0 Å². The van der Waals surface area contributed by atoms with Crippen molar-refractivity contribution in [2.45, 2.75) is 25.4 Å². The van der Waals surface area contributed by atoms with Crippen molar-refractivity contribution in [2.75, 3.05) is 6.61 Å². The number of ether oxygens (including phenoxy) is 1. The Morgan fingerprint density at radius 2 is 1.82 bits per heavy atom. The molecule has 22 heavy (non-hydrogen) atoms. The van der Waals surface area contributed by atoms with Crippen molar-refractivity contribution < 1.29 is 24.0 Å². The summed E-state index contributed by atoms with van der Waals surface area (Å²) >= 11 is 0. The average molecular weight is 301 g/mol. The van der Waals surface area contributed by atoms with Gasteiger partial charge in [0.15, 0.2) is 0 Å². The van der Waals surface area contributed by atoms with Gasteiger partial charge in [-0.15, -0.1) is 0 Å². The fourth-order valence-corrected chi connectivity index (χ4v) is 3.53. The first-order valence-electron chi connectivity index (χ1n) is 7.46. The standard InChI is InChI=1S/C16H15NO5/c18-14-12-3-1-2-4-13(12)15(19)17(14)22-16(20)11-6-5-10-7-9(11)8-21-10/h1-4,9-11H,5-8H2/t9-,10+,11-/m0/s1. The minimum absolute atomic E-state index is 0.126. The molecule has 4 rings (SSSR count). The Kier molecular flexibility index (Phi) is 3.00. The largest absolute Gasteiger partial charge is 0.378 e. The van der Waals surface area contributed by atoms with E-state index in [1.54, 1.807) is 24.3 Å². The van der Waals surface area contributed by atoms with Crippen LogP contribution < -0.4 is 0 Å². The van der Waals surface area contributed by atoms with E-state index in [-0.39, 0.29) is 29.1 Å². The van der Waals surface area contributed by atoms with Crippen LogP contribution in [0, 0.1) is 11.8 Å². The van der Waals surface area contributed by atoms with Crippen LogP contribution in [-0.2, 0) is 14.4 Å². The maximum absolute atomic E-state index is 12.4. The number of benzene rings is 1. The highest BCUT2D eigenvalue weighted by Gasteiger charge is 2.44. The van der Waals surface area contributed by atoms with Gasteiger partial charge in [0.2, 0.25) is 0 Å². The summed E-state index contributed by atoms with van der Waals surface area (Å²) in [5, 5.41) is 0.592. The number of nitrogens with zero attached hydrogens (tertiary/aromatic N) is 1. The Balaban J connectivity index is 1.51. The number of rotatable bonds is 2. The highest BCUT2D eigenvalue weighted by Crippen LogP contribution is 2.38. The van der Waals surface area contributed by atoms with Crippen molar-refractivity contribution in [1.82, 2.24) is 5.06 Å². The van der Waals surface area contributed by atoms with Gasteiger partial charge in [0.1, 0.15) is 0 Å². The predicted octanol–water partition coefficient (Wildman–Crippen LogP) is 1.56. The summed E-state index contributed by atoms with van der Waals surface area (Å²) in [5.41, 5.74) is 0.543. The van der Waals surface area contributed by atoms with Gasteiger partial charge in [-0.2, -0.15) is 0 Å². The number of amides is 2. The average Bonchev–Trinajstić information content (AvgIpc) is 3.02. The monoisotopic (exact) mass is 301 g/mol. The topological polar surface area (TPSA) is 72.9 Å². The van der Waals surface area contributed by atoms with Crippen LogP contribution in [0.15, 0.2) is 24.3 Å². The molecule has 2 aliphatic heterocycles. The second-order valence-corrected chi connectivity index (χ2v) is 6.00. The zero-order chi connectivity index (χ0) is 15.3. The van der Waals surface area contributed by atoms with Gasteiger partial charge in [0, 0.05) is 0 Å². The van der Waals surface area contributed by atoms with E-state index in [4.69, 9.17) is 9.57 Å². The third kappa shape index (κ3) is 1.94. The molecule has 0 N–H and O–H groups in total. The molecule has 2 heterocycles. The van der Waals surface area contributed by atoms with Crippen molar-refractivity contribution in [1.29, 1.82) is 0 Å². The number of carbonyl (C=O) groups is 3. The molecule has 1 aromatic carbocycles. The second-order valence-electron chi connectivity index (χ2n) is 6.00. The van der Waals surface area contributed by atoms with Crippen molar-refractivity contribution in [3.63, 3.8) is 0 Å². The molecule has 1 saturated carbocycles. The summed E-state index contributed by atoms with van der Waals surface area (Å²) in [6.45, 7) is 0.548. The fraction of sp³-hybridized carbons (Fsp3) is 0.438. The molecule has 1 aromatic rings. The molecule has 6 heteroatoms. The first kappa shape index (κ1) is 13.5. The Bertz CT molecular complexity index is 635. The Labute approximate surface area is 126 Å². The molecule has 1 aliphatic carbocycles. The first-order chi connectivity index (χ1) is 10.6. The number of hydrogen-bond donors (Lipinski definition) is 0. The molecule has 6 nitrogen and oxygen atoms in total. The normalized spacial score (nSPS) is 29.6. The Hall–Kier alpha value is -2.21. The zero-order valence-corrected chi connectivity index (χ0v) is 11.9. The van der Waals surface area contributed by atoms with Crippen LogP contribution in [0.3, 0.4) is 0 Å². The third-order valence-electron chi connectivity index (χ3n) is 4.72. The Morgan fingerprint density at radius 1 is 1.14 bits per heavy atom. The van der Waals surface area contributed by atoms with Gasteiger partial charge in [-0.1, -0.05) is 17.2 Å². The number of hydrogen-bond acceptors (Lipinski definition) is 5. The van der Waals surface area contributed by atoms with E-state index in [0.29, 0.717) is 18.1 Å². The molecule has 2 amide bonds. The van der Waals surface area contributed by atoms with Crippen molar-refractivity contribution in [2.24, 2.45) is 11.8 Å². The Morgan fingerprint density at radius 3 is 2.50 bits per heavy atom. The van der Waals surface area contributed by atoms with Gasteiger partial charge in [-0.25, -0.2) is 4.79 Å². The van der Waals surface area contributed by atoms with Gasteiger partial charge in [0.25, 0.3) is 11.8 Å². The predicted molar refractivity (Wildman–Crippen MR) is 73.6 cm³/mol.